The minimum Gasteiger partial charge on any atom is -0.338 e. The average molecular weight is 379 g/mol. The predicted octanol–water partition coefficient (Wildman–Crippen LogP) is 4.61. The molecule has 1 aromatic carbocycles. The summed E-state index contributed by atoms with van der Waals surface area (Å²) in [6.45, 7) is 3.58. The van der Waals surface area contributed by atoms with Gasteiger partial charge in [-0.25, -0.2) is 9.97 Å². The van der Waals surface area contributed by atoms with Gasteiger partial charge in [0.1, 0.15) is 0 Å². The van der Waals surface area contributed by atoms with Gasteiger partial charge in [-0.05, 0) is 49.4 Å². The van der Waals surface area contributed by atoms with E-state index in [0.717, 1.165) is 36.3 Å². The second-order valence-corrected chi connectivity index (χ2v) is 7.68. The zero-order chi connectivity index (χ0) is 18.6. The molecule has 1 amide bonds. The molecular formula is C21H22N4OS. The van der Waals surface area contributed by atoms with Crippen molar-refractivity contribution in [2.75, 3.05) is 18.4 Å². The molecule has 0 unspecified atom stereocenters. The molecule has 27 heavy (non-hydrogen) atoms. The Morgan fingerprint density at radius 2 is 2.07 bits per heavy atom. The standard InChI is InChI=1S/C21H22N4OS/c1-15-4-6-18(7-5-15)23-21-22-10-8-19(24-21)16-3-2-11-25(13-16)20(26)17-9-12-27-14-17/h4-10,12,14,16H,2-3,11,13H2,1H3,(H,22,23,24)/t16-/m1/s1. The van der Waals surface area contributed by atoms with Crippen molar-refractivity contribution in [1.29, 1.82) is 0 Å². The van der Waals surface area contributed by atoms with Gasteiger partial charge >= 0.3 is 0 Å². The number of likely N-dealkylation sites (tertiary alicyclic amines) is 1. The normalized spacial score (nSPS) is 16.9. The van der Waals surface area contributed by atoms with Gasteiger partial charge in [0.05, 0.1) is 11.3 Å². The maximum atomic E-state index is 12.7. The summed E-state index contributed by atoms with van der Waals surface area (Å²) < 4.78 is 0. The zero-order valence-electron chi connectivity index (χ0n) is 15.3. The molecule has 0 spiro atoms. The summed E-state index contributed by atoms with van der Waals surface area (Å²) >= 11 is 1.56. The summed E-state index contributed by atoms with van der Waals surface area (Å²) in [6, 6.07) is 12.0. The van der Waals surface area contributed by atoms with Gasteiger partial charge in [-0.2, -0.15) is 11.3 Å². The van der Waals surface area contributed by atoms with E-state index in [0.29, 0.717) is 12.5 Å². The third-order valence-electron chi connectivity index (χ3n) is 4.88. The minimum atomic E-state index is 0.119. The molecule has 138 valence electrons. The SMILES string of the molecule is Cc1ccc(Nc2nccc([C@@H]3CCCN(C(=O)c4ccsc4)C3)n2)cc1. The van der Waals surface area contributed by atoms with Gasteiger partial charge in [0, 0.05) is 36.3 Å². The summed E-state index contributed by atoms with van der Waals surface area (Å²) in [5.74, 6) is 0.952. The fourth-order valence-electron chi connectivity index (χ4n) is 3.40. The first-order valence-corrected chi connectivity index (χ1v) is 10.1. The number of carbonyl (C=O) groups is 1. The van der Waals surface area contributed by atoms with Crippen LogP contribution in [0.2, 0.25) is 0 Å². The lowest BCUT2D eigenvalue weighted by Crippen LogP contribution is -2.39. The van der Waals surface area contributed by atoms with Crippen LogP contribution >= 0.6 is 11.3 Å². The van der Waals surface area contributed by atoms with E-state index in [-0.39, 0.29) is 11.8 Å². The van der Waals surface area contributed by atoms with E-state index < -0.39 is 0 Å². The van der Waals surface area contributed by atoms with Gasteiger partial charge in [-0.15, -0.1) is 0 Å². The molecule has 3 aromatic rings. The molecule has 3 heterocycles. The molecule has 1 aliphatic rings. The number of nitrogens with zero attached hydrogens (tertiary/aromatic N) is 3. The van der Waals surface area contributed by atoms with Crippen molar-refractivity contribution in [3.63, 3.8) is 0 Å². The molecule has 1 atom stereocenters. The Morgan fingerprint density at radius 3 is 2.85 bits per heavy atom. The van der Waals surface area contributed by atoms with Crippen LogP contribution in [0.15, 0.2) is 53.4 Å². The molecule has 6 heteroatoms. The molecule has 1 aliphatic heterocycles. The molecule has 2 aromatic heterocycles. The van der Waals surface area contributed by atoms with E-state index in [1.54, 1.807) is 17.5 Å². The van der Waals surface area contributed by atoms with Crippen LogP contribution in [0, 0.1) is 6.92 Å². The van der Waals surface area contributed by atoms with E-state index >= 15 is 0 Å². The second-order valence-electron chi connectivity index (χ2n) is 6.90. The molecule has 4 rings (SSSR count). The van der Waals surface area contributed by atoms with Gasteiger partial charge in [0.25, 0.3) is 5.91 Å². The van der Waals surface area contributed by atoms with Crippen LogP contribution in [0.25, 0.3) is 0 Å². The first-order chi connectivity index (χ1) is 13.2. The quantitative estimate of drug-likeness (QED) is 0.720. The number of piperidine rings is 1. The van der Waals surface area contributed by atoms with E-state index in [1.807, 2.05) is 39.9 Å². The Morgan fingerprint density at radius 1 is 1.22 bits per heavy atom. The van der Waals surface area contributed by atoms with Gasteiger partial charge in [-0.3, -0.25) is 4.79 Å². The first kappa shape index (κ1) is 17.7. The van der Waals surface area contributed by atoms with Crippen molar-refractivity contribution >= 4 is 28.9 Å². The molecule has 1 saturated heterocycles. The number of carbonyl (C=O) groups excluding carboxylic acids is 1. The number of hydrogen-bond donors (Lipinski definition) is 1. The number of aromatic nitrogens is 2. The van der Waals surface area contributed by atoms with E-state index in [1.165, 1.54) is 5.56 Å². The largest absolute Gasteiger partial charge is 0.338 e. The minimum absolute atomic E-state index is 0.119. The Hall–Kier alpha value is -2.73. The Balaban J connectivity index is 1.47. The van der Waals surface area contributed by atoms with Crippen molar-refractivity contribution in [1.82, 2.24) is 14.9 Å². The molecule has 1 fully saturated rings. The van der Waals surface area contributed by atoms with Crippen LogP contribution in [-0.2, 0) is 0 Å². The topological polar surface area (TPSA) is 58.1 Å². The zero-order valence-corrected chi connectivity index (χ0v) is 16.1. The number of nitrogens with one attached hydrogen (secondary N) is 1. The van der Waals surface area contributed by atoms with Crippen molar-refractivity contribution in [2.24, 2.45) is 0 Å². The summed E-state index contributed by atoms with van der Waals surface area (Å²) in [5.41, 5.74) is 3.95. The number of thiophene rings is 1. The Labute approximate surface area is 163 Å². The van der Waals surface area contributed by atoms with Crippen molar-refractivity contribution in [3.05, 3.63) is 70.2 Å². The fraction of sp³-hybridized carbons (Fsp3) is 0.286. The third-order valence-corrected chi connectivity index (χ3v) is 5.56. The van der Waals surface area contributed by atoms with Gasteiger partial charge in [-0.1, -0.05) is 17.7 Å². The lowest BCUT2D eigenvalue weighted by atomic mass is 9.94. The summed E-state index contributed by atoms with van der Waals surface area (Å²) in [7, 11) is 0. The summed E-state index contributed by atoms with van der Waals surface area (Å²) in [5, 5.41) is 7.13. The molecular weight excluding hydrogens is 356 g/mol. The van der Waals surface area contributed by atoms with Crippen LogP contribution in [0.3, 0.4) is 0 Å². The highest BCUT2D eigenvalue weighted by Gasteiger charge is 2.26. The number of anilines is 2. The second kappa shape index (κ2) is 7.88. The molecule has 0 radical (unpaired) electrons. The number of amides is 1. The van der Waals surface area contributed by atoms with Crippen LogP contribution in [0.1, 0.15) is 40.4 Å². The lowest BCUT2D eigenvalue weighted by molar-refractivity contribution is 0.0706. The Bertz CT molecular complexity index is 908. The maximum Gasteiger partial charge on any atom is 0.254 e. The number of aryl methyl sites for hydroxylation is 1. The van der Waals surface area contributed by atoms with Crippen molar-refractivity contribution in [3.8, 4) is 0 Å². The number of hydrogen-bond acceptors (Lipinski definition) is 5. The van der Waals surface area contributed by atoms with Gasteiger partial charge in [0.15, 0.2) is 0 Å². The van der Waals surface area contributed by atoms with Gasteiger partial charge < -0.3 is 10.2 Å². The van der Waals surface area contributed by atoms with Crippen LogP contribution in [-0.4, -0.2) is 33.9 Å². The average Bonchev–Trinajstić information content (AvgIpc) is 3.24. The maximum absolute atomic E-state index is 12.7. The highest BCUT2D eigenvalue weighted by molar-refractivity contribution is 7.08. The lowest BCUT2D eigenvalue weighted by Gasteiger charge is -2.32. The molecule has 5 nitrogen and oxygen atoms in total. The Kier molecular flexibility index (Phi) is 5.16. The number of rotatable bonds is 4. The monoisotopic (exact) mass is 378 g/mol. The predicted molar refractivity (Wildman–Crippen MR) is 109 cm³/mol. The number of benzene rings is 1. The third kappa shape index (κ3) is 4.17. The van der Waals surface area contributed by atoms with E-state index in [9.17, 15) is 4.79 Å². The molecule has 0 saturated carbocycles. The first-order valence-electron chi connectivity index (χ1n) is 9.17. The summed E-state index contributed by atoms with van der Waals surface area (Å²) in [6.07, 6.45) is 3.82. The van der Waals surface area contributed by atoms with Gasteiger partial charge in [0.2, 0.25) is 5.95 Å². The molecule has 0 bridgehead atoms. The molecule has 1 N–H and O–H groups in total. The van der Waals surface area contributed by atoms with Crippen LogP contribution < -0.4 is 5.32 Å². The van der Waals surface area contributed by atoms with Crippen molar-refractivity contribution < 1.29 is 4.79 Å². The van der Waals surface area contributed by atoms with Crippen LogP contribution in [0.4, 0.5) is 11.6 Å². The van der Waals surface area contributed by atoms with Crippen molar-refractivity contribution in [2.45, 2.75) is 25.7 Å². The smallest absolute Gasteiger partial charge is 0.254 e. The fourth-order valence-corrected chi connectivity index (χ4v) is 4.03. The van der Waals surface area contributed by atoms with Crippen LogP contribution in [0.5, 0.6) is 0 Å². The molecule has 0 aliphatic carbocycles. The highest BCUT2D eigenvalue weighted by atomic mass is 32.1. The highest BCUT2D eigenvalue weighted by Crippen LogP contribution is 2.27. The van der Waals surface area contributed by atoms with E-state index in [4.69, 9.17) is 4.98 Å². The van der Waals surface area contributed by atoms with E-state index in [2.05, 4.69) is 29.4 Å². The summed E-state index contributed by atoms with van der Waals surface area (Å²) in [4.78, 5) is 23.7.